The van der Waals surface area contributed by atoms with Crippen molar-refractivity contribution < 1.29 is 33.8 Å². The fraction of sp³-hybridized carbons (Fsp3) is 0.611. The first-order valence-corrected chi connectivity index (χ1v) is 16.9. The molecule has 0 aromatic heterocycles. The third-order valence-electron chi connectivity index (χ3n) is 10.4. The number of nitrogens with zero attached hydrogens (tertiary/aromatic N) is 2. The first-order chi connectivity index (χ1) is 22.2. The second-order valence-electron chi connectivity index (χ2n) is 13.4. The van der Waals surface area contributed by atoms with Crippen molar-refractivity contribution in [3.8, 4) is 0 Å². The fourth-order valence-electron chi connectivity index (χ4n) is 8.25. The standard InChI is InChI=1S/C36H49N3O7/c1-5-7-18-28(41)37-24(4)31(25-14-10-8-11-15-25)45-35(44)29-27-19-20-36(46-27)30(29)33(42)39(23(3)22-40)32(36)34(43)38(21-6-2)26-16-12-9-13-17-26/h5-6,8,10-11,14-15,23-24,26-27,29-32,40H,1-2,7,9,12-13,16-22H2,3-4H3,(H,37,41)/t23-,24-,27+,29-,30-,31-,32+,36-/m1/s1. The molecule has 1 aromatic carbocycles. The van der Waals surface area contributed by atoms with Crippen molar-refractivity contribution in [2.24, 2.45) is 11.8 Å². The smallest absolute Gasteiger partial charge is 0.313 e. The normalized spacial score (nSPS) is 29.0. The number of carbonyl (C=O) groups is 4. The molecule has 2 bridgehead atoms. The molecular weight excluding hydrogens is 586 g/mol. The molecule has 3 saturated heterocycles. The van der Waals surface area contributed by atoms with Crippen LogP contribution in [0.1, 0.15) is 83.3 Å². The van der Waals surface area contributed by atoms with Crippen LogP contribution in [-0.4, -0.2) is 87.6 Å². The van der Waals surface area contributed by atoms with E-state index in [9.17, 15) is 24.3 Å². The van der Waals surface area contributed by atoms with Gasteiger partial charge in [0.15, 0.2) is 0 Å². The number of amides is 3. The molecule has 3 amide bonds. The zero-order valence-corrected chi connectivity index (χ0v) is 27.1. The van der Waals surface area contributed by atoms with E-state index in [0.717, 1.165) is 32.1 Å². The first-order valence-electron chi connectivity index (χ1n) is 16.9. The highest BCUT2D eigenvalue weighted by Gasteiger charge is 2.75. The number of hydrogen-bond donors (Lipinski definition) is 2. The number of allylic oxidation sites excluding steroid dienone is 1. The highest BCUT2D eigenvalue weighted by atomic mass is 16.6. The van der Waals surface area contributed by atoms with Crippen LogP contribution >= 0.6 is 0 Å². The minimum absolute atomic E-state index is 0.0326. The van der Waals surface area contributed by atoms with E-state index in [2.05, 4.69) is 18.5 Å². The molecule has 4 aliphatic rings. The Morgan fingerprint density at radius 1 is 1.13 bits per heavy atom. The highest BCUT2D eigenvalue weighted by molar-refractivity contribution is 5.98. The number of benzene rings is 1. The third-order valence-corrected chi connectivity index (χ3v) is 10.4. The number of aliphatic hydroxyl groups is 1. The lowest BCUT2D eigenvalue weighted by atomic mass is 9.70. The third kappa shape index (κ3) is 6.26. The maximum Gasteiger partial charge on any atom is 0.313 e. The average molecular weight is 636 g/mol. The van der Waals surface area contributed by atoms with Crippen molar-refractivity contribution in [2.45, 2.75) is 114 Å². The fourth-order valence-corrected chi connectivity index (χ4v) is 8.25. The summed E-state index contributed by atoms with van der Waals surface area (Å²) in [5.41, 5.74) is -0.493. The van der Waals surface area contributed by atoms with Gasteiger partial charge in [-0.15, -0.1) is 13.2 Å². The number of nitrogens with one attached hydrogen (secondary N) is 1. The Balaban J connectivity index is 1.45. The van der Waals surface area contributed by atoms with Gasteiger partial charge in [-0.25, -0.2) is 0 Å². The Hall–Kier alpha value is -3.50. The maximum atomic E-state index is 14.6. The molecule has 1 spiro atoms. The second-order valence-corrected chi connectivity index (χ2v) is 13.4. The molecule has 1 aromatic rings. The Labute approximate surface area is 272 Å². The predicted molar refractivity (Wildman–Crippen MR) is 172 cm³/mol. The van der Waals surface area contributed by atoms with Gasteiger partial charge in [-0.3, -0.25) is 19.2 Å². The summed E-state index contributed by atoms with van der Waals surface area (Å²) in [6, 6.07) is 7.06. The molecule has 4 fully saturated rings. The Kier molecular flexibility index (Phi) is 10.7. The summed E-state index contributed by atoms with van der Waals surface area (Å²) in [7, 11) is 0. The largest absolute Gasteiger partial charge is 0.455 e. The van der Waals surface area contributed by atoms with Gasteiger partial charge in [-0.05, 0) is 51.5 Å². The van der Waals surface area contributed by atoms with Gasteiger partial charge in [0.05, 0.1) is 36.6 Å². The summed E-state index contributed by atoms with van der Waals surface area (Å²) in [6.07, 6.45) is 8.69. The highest BCUT2D eigenvalue weighted by Crippen LogP contribution is 2.59. The van der Waals surface area contributed by atoms with E-state index in [4.69, 9.17) is 9.47 Å². The van der Waals surface area contributed by atoms with Crippen LogP contribution in [0, 0.1) is 11.8 Å². The molecule has 0 unspecified atom stereocenters. The summed E-state index contributed by atoms with van der Waals surface area (Å²) >= 11 is 0. The van der Waals surface area contributed by atoms with E-state index in [1.807, 2.05) is 35.2 Å². The van der Waals surface area contributed by atoms with Crippen molar-refractivity contribution in [2.75, 3.05) is 13.2 Å². The lowest BCUT2D eigenvalue weighted by molar-refractivity contribution is -0.162. The van der Waals surface area contributed by atoms with Gasteiger partial charge in [-0.2, -0.15) is 0 Å². The van der Waals surface area contributed by atoms with Crippen LogP contribution in [0.5, 0.6) is 0 Å². The van der Waals surface area contributed by atoms with Gasteiger partial charge < -0.3 is 29.7 Å². The van der Waals surface area contributed by atoms with E-state index >= 15 is 0 Å². The van der Waals surface area contributed by atoms with E-state index in [0.29, 0.717) is 31.4 Å². The van der Waals surface area contributed by atoms with Crippen molar-refractivity contribution in [1.29, 1.82) is 0 Å². The van der Waals surface area contributed by atoms with Crippen molar-refractivity contribution in [3.63, 3.8) is 0 Å². The van der Waals surface area contributed by atoms with Crippen LogP contribution in [0.4, 0.5) is 0 Å². The van der Waals surface area contributed by atoms with Crippen LogP contribution in [0.15, 0.2) is 55.6 Å². The van der Waals surface area contributed by atoms with Crippen LogP contribution in [0.25, 0.3) is 0 Å². The average Bonchev–Trinajstić information content (AvgIpc) is 3.72. The molecule has 0 radical (unpaired) electrons. The van der Waals surface area contributed by atoms with E-state index in [1.54, 1.807) is 26.0 Å². The molecule has 3 heterocycles. The number of carbonyl (C=O) groups excluding carboxylic acids is 4. The number of fused-ring (bicyclic) bond motifs is 1. The van der Waals surface area contributed by atoms with Gasteiger partial charge >= 0.3 is 5.97 Å². The van der Waals surface area contributed by atoms with E-state index in [-0.39, 0.29) is 36.8 Å². The number of rotatable bonds is 14. The van der Waals surface area contributed by atoms with Gasteiger partial charge in [0, 0.05) is 19.0 Å². The second kappa shape index (κ2) is 14.5. The number of hydrogen-bond acceptors (Lipinski definition) is 7. The lowest BCUT2D eigenvalue weighted by Crippen LogP contribution is -2.60. The number of likely N-dealkylation sites (tertiary alicyclic amines) is 1. The Morgan fingerprint density at radius 2 is 1.85 bits per heavy atom. The van der Waals surface area contributed by atoms with Gasteiger partial charge in [0.2, 0.25) is 17.7 Å². The molecule has 5 rings (SSSR count). The minimum Gasteiger partial charge on any atom is -0.455 e. The van der Waals surface area contributed by atoms with Crippen LogP contribution in [-0.2, 0) is 28.7 Å². The van der Waals surface area contributed by atoms with Crippen molar-refractivity contribution in [3.05, 3.63) is 61.2 Å². The summed E-state index contributed by atoms with van der Waals surface area (Å²) in [5, 5.41) is 13.2. The van der Waals surface area contributed by atoms with Crippen LogP contribution < -0.4 is 5.32 Å². The maximum absolute atomic E-state index is 14.6. The monoisotopic (exact) mass is 635 g/mol. The summed E-state index contributed by atoms with van der Waals surface area (Å²) < 4.78 is 12.8. The van der Waals surface area contributed by atoms with E-state index < -0.39 is 53.7 Å². The number of ether oxygens (including phenoxy) is 2. The minimum atomic E-state index is -1.20. The zero-order chi connectivity index (χ0) is 33.0. The summed E-state index contributed by atoms with van der Waals surface area (Å²) in [6.45, 7) is 11.1. The Morgan fingerprint density at radius 3 is 2.50 bits per heavy atom. The topological polar surface area (TPSA) is 125 Å². The molecule has 250 valence electrons. The van der Waals surface area contributed by atoms with Crippen molar-refractivity contribution >= 4 is 23.7 Å². The molecule has 1 saturated carbocycles. The van der Waals surface area contributed by atoms with E-state index in [1.165, 1.54) is 4.90 Å². The Bertz CT molecular complexity index is 1300. The molecule has 10 nitrogen and oxygen atoms in total. The quantitative estimate of drug-likeness (QED) is 0.235. The van der Waals surface area contributed by atoms with Gasteiger partial charge in [0.25, 0.3) is 0 Å². The van der Waals surface area contributed by atoms with Crippen LogP contribution in [0.2, 0.25) is 0 Å². The first kappa shape index (κ1) is 33.9. The van der Waals surface area contributed by atoms with Gasteiger partial charge in [-0.1, -0.05) is 61.7 Å². The van der Waals surface area contributed by atoms with Gasteiger partial charge in [0.1, 0.15) is 17.7 Å². The summed E-state index contributed by atoms with van der Waals surface area (Å²) in [4.78, 5) is 59.1. The molecule has 2 N–H and O–H groups in total. The van der Waals surface area contributed by atoms with Crippen molar-refractivity contribution in [1.82, 2.24) is 15.1 Å². The summed E-state index contributed by atoms with van der Waals surface area (Å²) in [5.74, 6) is -3.21. The predicted octanol–water partition coefficient (Wildman–Crippen LogP) is 3.84. The van der Waals surface area contributed by atoms with Crippen LogP contribution in [0.3, 0.4) is 0 Å². The zero-order valence-electron chi connectivity index (χ0n) is 27.1. The number of esters is 1. The molecular formula is C36H49N3O7. The number of aliphatic hydroxyl groups excluding tert-OH is 1. The molecule has 8 atom stereocenters. The molecule has 10 heteroatoms. The molecule has 3 aliphatic heterocycles. The molecule has 1 aliphatic carbocycles. The lowest BCUT2D eigenvalue weighted by Gasteiger charge is -2.41. The molecule has 46 heavy (non-hydrogen) atoms. The SMILES string of the molecule is C=CCCC(=O)N[C@H](C)[C@@H](OC(=O)[C@@H]1[C@@H]2CC[C@]3(O2)[C@H](C(=O)N(CC=C)C2CCCCC2)N([C@H](C)CO)C(=O)[C@@H]13)c1ccccc1.